The van der Waals surface area contributed by atoms with E-state index in [4.69, 9.17) is 16.3 Å². The van der Waals surface area contributed by atoms with Gasteiger partial charge in [0, 0.05) is 6.54 Å². The van der Waals surface area contributed by atoms with E-state index < -0.39 is 12.0 Å². The number of ether oxygens (including phenoxy) is 1. The summed E-state index contributed by atoms with van der Waals surface area (Å²) in [7, 11) is 0. The summed E-state index contributed by atoms with van der Waals surface area (Å²) in [6.45, 7) is 6.15. The highest BCUT2D eigenvalue weighted by Gasteiger charge is 2.25. The van der Waals surface area contributed by atoms with E-state index >= 15 is 0 Å². The third-order valence-corrected chi connectivity index (χ3v) is 2.94. The Bertz CT molecular complexity index is 475. The number of hydrogen-bond acceptors (Lipinski definition) is 5. The number of nitrogens with one attached hydrogen (secondary N) is 1. The summed E-state index contributed by atoms with van der Waals surface area (Å²) in [5, 5.41) is 10.4. The highest BCUT2D eigenvalue weighted by Crippen LogP contribution is 2.15. The van der Waals surface area contributed by atoms with Crippen molar-refractivity contribution in [1.82, 2.24) is 20.3 Å². The highest BCUT2D eigenvalue weighted by molar-refractivity contribution is 6.17. The van der Waals surface area contributed by atoms with Gasteiger partial charge in [-0.25, -0.2) is 9.48 Å². The Balaban J connectivity index is 2.95. The van der Waals surface area contributed by atoms with E-state index in [0.717, 1.165) is 6.42 Å². The minimum atomic E-state index is -0.592. The Kier molecular flexibility index (Phi) is 6.44. The molecule has 0 aliphatic heterocycles. The molecule has 0 aliphatic rings. The van der Waals surface area contributed by atoms with Gasteiger partial charge in [-0.3, -0.25) is 4.79 Å². The van der Waals surface area contributed by atoms with Crippen molar-refractivity contribution < 1.29 is 14.3 Å². The van der Waals surface area contributed by atoms with Gasteiger partial charge in [-0.05, 0) is 20.3 Å². The molecule has 7 nitrogen and oxygen atoms in total. The zero-order valence-corrected chi connectivity index (χ0v) is 12.6. The van der Waals surface area contributed by atoms with Gasteiger partial charge in [0.2, 0.25) is 5.91 Å². The lowest BCUT2D eigenvalue weighted by atomic mass is 10.2. The summed E-state index contributed by atoms with van der Waals surface area (Å²) in [5.41, 5.74) is 0.432. The van der Waals surface area contributed by atoms with Gasteiger partial charge in [0.15, 0.2) is 5.69 Å². The zero-order valence-electron chi connectivity index (χ0n) is 11.9. The van der Waals surface area contributed by atoms with E-state index in [-0.39, 0.29) is 24.1 Å². The van der Waals surface area contributed by atoms with Crippen LogP contribution < -0.4 is 5.32 Å². The lowest BCUT2D eigenvalue weighted by Crippen LogP contribution is -2.32. The topological polar surface area (TPSA) is 86.1 Å². The second-order valence-electron chi connectivity index (χ2n) is 4.15. The number of aromatic nitrogens is 3. The predicted molar refractivity (Wildman–Crippen MR) is 73.5 cm³/mol. The average molecular weight is 303 g/mol. The summed E-state index contributed by atoms with van der Waals surface area (Å²) in [6, 6.07) is -0.592. The van der Waals surface area contributed by atoms with Gasteiger partial charge in [-0.1, -0.05) is 12.1 Å². The second kappa shape index (κ2) is 7.84. The van der Waals surface area contributed by atoms with Crippen molar-refractivity contribution in [3.8, 4) is 0 Å². The molecule has 0 radical (unpaired) electrons. The quantitative estimate of drug-likeness (QED) is 0.606. The first-order chi connectivity index (χ1) is 9.56. The smallest absolute Gasteiger partial charge is 0.360 e. The van der Waals surface area contributed by atoms with Gasteiger partial charge in [0.25, 0.3) is 0 Å². The van der Waals surface area contributed by atoms with Crippen LogP contribution in [0.25, 0.3) is 0 Å². The molecule has 0 spiro atoms. The second-order valence-corrected chi connectivity index (χ2v) is 4.42. The van der Waals surface area contributed by atoms with Crippen molar-refractivity contribution >= 4 is 23.5 Å². The molecule has 0 saturated carbocycles. The first kappa shape index (κ1) is 16.4. The molecule has 1 amide bonds. The van der Waals surface area contributed by atoms with Crippen molar-refractivity contribution in [1.29, 1.82) is 0 Å². The molecular formula is C12H19ClN4O3. The molecule has 1 aromatic heterocycles. The first-order valence-electron chi connectivity index (χ1n) is 6.51. The normalized spacial score (nSPS) is 12.0. The number of carbonyl (C=O) groups excluding carboxylic acids is 2. The molecule has 112 valence electrons. The monoisotopic (exact) mass is 302 g/mol. The standard InChI is InChI=1S/C12H19ClN4O3/c1-4-6-14-11(18)8(3)17-9(7-13)10(15-16-17)12(19)20-5-2/h8H,4-7H2,1-3H3,(H,14,18). The fraction of sp³-hybridized carbons (Fsp3) is 0.667. The van der Waals surface area contributed by atoms with Crippen molar-refractivity contribution in [2.24, 2.45) is 0 Å². The van der Waals surface area contributed by atoms with Gasteiger partial charge in [-0.15, -0.1) is 16.7 Å². The number of alkyl halides is 1. The summed E-state index contributed by atoms with van der Waals surface area (Å²) in [6.07, 6.45) is 0.840. The maximum atomic E-state index is 11.9. The molecule has 1 unspecified atom stereocenters. The number of halogens is 1. The van der Waals surface area contributed by atoms with Gasteiger partial charge >= 0.3 is 5.97 Å². The number of rotatable bonds is 7. The predicted octanol–water partition coefficient (Wildman–Crippen LogP) is 1.28. The van der Waals surface area contributed by atoms with Crippen LogP contribution in [0.5, 0.6) is 0 Å². The largest absolute Gasteiger partial charge is 0.461 e. The minimum absolute atomic E-state index is 0.0204. The van der Waals surface area contributed by atoms with Crippen LogP contribution in [0.3, 0.4) is 0 Å². The number of carbonyl (C=O) groups is 2. The minimum Gasteiger partial charge on any atom is -0.461 e. The fourth-order valence-electron chi connectivity index (χ4n) is 1.61. The highest BCUT2D eigenvalue weighted by atomic mass is 35.5. The van der Waals surface area contributed by atoms with Crippen molar-refractivity contribution in [2.75, 3.05) is 13.2 Å². The lowest BCUT2D eigenvalue weighted by Gasteiger charge is -2.13. The van der Waals surface area contributed by atoms with E-state index in [1.165, 1.54) is 4.68 Å². The first-order valence-corrected chi connectivity index (χ1v) is 7.05. The van der Waals surface area contributed by atoms with Crippen LogP contribution in [0.2, 0.25) is 0 Å². The third kappa shape index (κ3) is 3.69. The molecule has 0 saturated heterocycles. The Morgan fingerprint density at radius 1 is 1.45 bits per heavy atom. The van der Waals surface area contributed by atoms with E-state index in [0.29, 0.717) is 12.2 Å². The van der Waals surface area contributed by atoms with Crippen LogP contribution in [0, 0.1) is 0 Å². The van der Waals surface area contributed by atoms with Crippen LogP contribution in [0.15, 0.2) is 0 Å². The molecule has 20 heavy (non-hydrogen) atoms. The number of hydrogen-bond donors (Lipinski definition) is 1. The van der Waals surface area contributed by atoms with E-state index in [9.17, 15) is 9.59 Å². The maximum absolute atomic E-state index is 11.9. The van der Waals surface area contributed by atoms with Crippen molar-refractivity contribution in [3.63, 3.8) is 0 Å². The molecule has 0 fully saturated rings. The average Bonchev–Trinajstić information content (AvgIpc) is 2.87. The molecular weight excluding hydrogens is 284 g/mol. The van der Waals surface area contributed by atoms with Crippen LogP contribution in [0.4, 0.5) is 0 Å². The Hall–Kier alpha value is -1.63. The van der Waals surface area contributed by atoms with Gasteiger partial charge in [-0.2, -0.15) is 0 Å². The molecule has 1 atom stereocenters. The van der Waals surface area contributed by atoms with Crippen LogP contribution in [0.1, 0.15) is 49.4 Å². The van der Waals surface area contributed by atoms with Crippen LogP contribution >= 0.6 is 11.6 Å². The molecule has 0 aromatic carbocycles. The summed E-state index contributed by atoms with van der Waals surface area (Å²) in [5.74, 6) is -0.763. The number of nitrogens with zero attached hydrogens (tertiary/aromatic N) is 3. The maximum Gasteiger partial charge on any atom is 0.360 e. The Morgan fingerprint density at radius 3 is 2.70 bits per heavy atom. The van der Waals surface area contributed by atoms with E-state index in [1.807, 2.05) is 6.92 Å². The molecule has 1 N–H and O–H groups in total. The molecule has 0 aliphatic carbocycles. The number of amides is 1. The fourth-order valence-corrected chi connectivity index (χ4v) is 1.86. The Morgan fingerprint density at radius 2 is 2.15 bits per heavy atom. The summed E-state index contributed by atoms with van der Waals surface area (Å²) < 4.78 is 6.23. The molecule has 0 bridgehead atoms. The van der Waals surface area contributed by atoms with Crippen LogP contribution in [-0.2, 0) is 15.4 Å². The summed E-state index contributed by atoms with van der Waals surface area (Å²) >= 11 is 5.84. The molecule has 1 heterocycles. The van der Waals surface area contributed by atoms with Crippen molar-refractivity contribution in [3.05, 3.63) is 11.4 Å². The van der Waals surface area contributed by atoms with E-state index in [2.05, 4.69) is 15.6 Å². The lowest BCUT2D eigenvalue weighted by molar-refractivity contribution is -0.124. The van der Waals surface area contributed by atoms with Crippen LogP contribution in [-0.4, -0.2) is 40.0 Å². The zero-order chi connectivity index (χ0) is 15.1. The van der Waals surface area contributed by atoms with Crippen molar-refractivity contribution in [2.45, 2.75) is 39.1 Å². The van der Waals surface area contributed by atoms with Gasteiger partial charge < -0.3 is 10.1 Å². The Labute approximate surface area is 122 Å². The van der Waals surface area contributed by atoms with E-state index in [1.54, 1.807) is 13.8 Å². The molecule has 8 heteroatoms. The molecule has 1 aromatic rings. The third-order valence-electron chi connectivity index (χ3n) is 2.68. The van der Waals surface area contributed by atoms with Gasteiger partial charge in [0.05, 0.1) is 18.2 Å². The summed E-state index contributed by atoms with van der Waals surface area (Å²) in [4.78, 5) is 23.6. The van der Waals surface area contributed by atoms with Gasteiger partial charge in [0.1, 0.15) is 6.04 Å². The number of esters is 1. The SMILES string of the molecule is CCCNC(=O)C(C)n1nnc(C(=O)OCC)c1CCl. The molecule has 1 rings (SSSR count).